The average Bonchev–Trinajstić information content (AvgIpc) is 2.51. The van der Waals surface area contributed by atoms with Crippen LogP contribution >= 0.6 is 23.2 Å². The van der Waals surface area contributed by atoms with Gasteiger partial charge in [0.15, 0.2) is 0 Å². The lowest BCUT2D eigenvalue weighted by Gasteiger charge is -2.08. The molecular weight excluding hydrogens is 321 g/mol. The number of rotatable bonds is 7. The third-order valence-electron chi connectivity index (χ3n) is 3.04. The summed E-state index contributed by atoms with van der Waals surface area (Å²) >= 11 is 11.8. The van der Waals surface area contributed by atoms with E-state index < -0.39 is 0 Å². The molecular formula is C17H17Cl2NO2. The lowest BCUT2D eigenvalue weighted by molar-refractivity contribution is 0.0934. The molecule has 0 spiro atoms. The molecule has 0 atom stereocenters. The van der Waals surface area contributed by atoms with E-state index in [4.69, 9.17) is 27.9 Å². The smallest absolute Gasteiger partial charge is 0.252 e. The predicted octanol–water partition coefficient (Wildman–Crippen LogP) is 4.33. The minimum absolute atomic E-state index is 0.204. The summed E-state index contributed by atoms with van der Waals surface area (Å²) < 4.78 is 5.55. The van der Waals surface area contributed by atoms with Crippen LogP contribution in [-0.4, -0.2) is 19.1 Å². The molecule has 1 amide bonds. The molecule has 0 fully saturated rings. The number of nitrogens with one attached hydrogen (secondary N) is 1. The van der Waals surface area contributed by atoms with E-state index in [0.717, 1.165) is 12.0 Å². The van der Waals surface area contributed by atoms with Gasteiger partial charge in [-0.3, -0.25) is 4.79 Å². The van der Waals surface area contributed by atoms with Crippen LogP contribution in [0.1, 0.15) is 22.3 Å². The molecule has 0 bridgehead atoms. The molecule has 2 aromatic carbocycles. The number of hydrogen-bond donors (Lipinski definition) is 1. The molecule has 5 heteroatoms. The van der Waals surface area contributed by atoms with E-state index in [2.05, 4.69) is 5.32 Å². The summed E-state index contributed by atoms with van der Waals surface area (Å²) in [6.07, 6.45) is 0.740. The zero-order valence-electron chi connectivity index (χ0n) is 12.0. The Hall–Kier alpha value is -1.55. The Morgan fingerprint density at radius 3 is 2.59 bits per heavy atom. The fraction of sp³-hybridized carbons (Fsp3) is 0.235. The van der Waals surface area contributed by atoms with Crippen LogP contribution in [0.15, 0.2) is 48.5 Å². The summed E-state index contributed by atoms with van der Waals surface area (Å²) in [5.41, 5.74) is 1.57. The van der Waals surface area contributed by atoms with Crippen molar-refractivity contribution in [1.82, 2.24) is 5.32 Å². The van der Waals surface area contributed by atoms with Gasteiger partial charge in [0.25, 0.3) is 5.91 Å². The fourth-order valence-electron chi connectivity index (χ4n) is 1.91. The summed E-state index contributed by atoms with van der Waals surface area (Å²) in [7, 11) is 0. The van der Waals surface area contributed by atoms with Gasteiger partial charge in [-0.25, -0.2) is 0 Å². The van der Waals surface area contributed by atoms with E-state index in [-0.39, 0.29) is 5.91 Å². The molecule has 0 radical (unpaired) electrons. The van der Waals surface area contributed by atoms with Gasteiger partial charge in [-0.05, 0) is 30.2 Å². The summed E-state index contributed by atoms with van der Waals surface area (Å²) in [5, 5.41) is 3.67. The van der Waals surface area contributed by atoms with Crippen molar-refractivity contribution in [3.8, 4) is 0 Å². The highest BCUT2D eigenvalue weighted by molar-refractivity contribution is 6.36. The van der Waals surface area contributed by atoms with Crippen molar-refractivity contribution in [2.45, 2.75) is 13.0 Å². The highest BCUT2D eigenvalue weighted by atomic mass is 35.5. The van der Waals surface area contributed by atoms with Crippen LogP contribution in [0.2, 0.25) is 10.0 Å². The third-order valence-corrected chi connectivity index (χ3v) is 3.59. The summed E-state index contributed by atoms with van der Waals surface area (Å²) in [5.74, 6) is -0.204. The largest absolute Gasteiger partial charge is 0.377 e. The van der Waals surface area contributed by atoms with Gasteiger partial charge < -0.3 is 10.1 Å². The van der Waals surface area contributed by atoms with Crippen molar-refractivity contribution in [2.75, 3.05) is 13.2 Å². The van der Waals surface area contributed by atoms with Crippen LogP contribution in [0.25, 0.3) is 0 Å². The van der Waals surface area contributed by atoms with E-state index in [0.29, 0.717) is 35.4 Å². The second-order valence-electron chi connectivity index (χ2n) is 4.77. The Bertz CT molecular complexity index is 617. The van der Waals surface area contributed by atoms with Crippen molar-refractivity contribution in [2.24, 2.45) is 0 Å². The molecule has 3 nitrogen and oxygen atoms in total. The number of carbonyl (C=O) groups excluding carboxylic acids is 1. The van der Waals surface area contributed by atoms with Gasteiger partial charge in [-0.1, -0.05) is 53.5 Å². The van der Waals surface area contributed by atoms with Crippen molar-refractivity contribution in [3.63, 3.8) is 0 Å². The molecule has 1 N–H and O–H groups in total. The normalized spacial score (nSPS) is 10.5. The monoisotopic (exact) mass is 337 g/mol. The maximum atomic E-state index is 12.0. The Balaban J connectivity index is 1.65. The predicted molar refractivity (Wildman–Crippen MR) is 89.5 cm³/mol. The van der Waals surface area contributed by atoms with Crippen molar-refractivity contribution < 1.29 is 9.53 Å². The van der Waals surface area contributed by atoms with Crippen LogP contribution < -0.4 is 5.32 Å². The van der Waals surface area contributed by atoms with Crippen LogP contribution in [0.3, 0.4) is 0 Å². The first-order valence-electron chi connectivity index (χ1n) is 7.02. The van der Waals surface area contributed by atoms with Crippen LogP contribution in [0.5, 0.6) is 0 Å². The van der Waals surface area contributed by atoms with Gasteiger partial charge in [0.1, 0.15) is 0 Å². The first-order chi connectivity index (χ1) is 10.7. The molecule has 0 unspecified atom stereocenters. The highest BCUT2D eigenvalue weighted by Gasteiger charge is 2.09. The lowest BCUT2D eigenvalue weighted by atomic mass is 10.2. The molecule has 0 aliphatic heterocycles. The molecule has 116 valence electrons. The van der Waals surface area contributed by atoms with Gasteiger partial charge in [-0.2, -0.15) is 0 Å². The molecule has 0 saturated heterocycles. The number of amides is 1. The van der Waals surface area contributed by atoms with Crippen LogP contribution in [0.4, 0.5) is 0 Å². The number of carbonyl (C=O) groups is 1. The SMILES string of the molecule is O=C(NCCCOCc1ccccc1)c1ccc(Cl)cc1Cl. The second-order valence-corrected chi connectivity index (χ2v) is 5.62. The van der Waals surface area contributed by atoms with Gasteiger partial charge >= 0.3 is 0 Å². The van der Waals surface area contributed by atoms with E-state index >= 15 is 0 Å². The van der Waals surface area contributed by atoms with Crippen LogP contribution in [0, 0.1) is 0 Å². The van der Waals surface area contributed by atoms with Gasteiger partial charge in [-0.15, -0.1) is 0 Å². The standard InChI is InChI=1S/C17H17Cl2NO2/c18-14-7-8-15(16(19)11-14)17(21)20-9-4-10-22-12-13-5-2-1-3-6-13/h1-3,5-8,11H,4,9-10,12H2,(H,20,21). The van der Waals surface area contributed by atoms with Crippen molar-refractivity contribution in [3.05, 3.63) is 69.7 Å². The number of ether oxygens (including phenoxy) is 1. The number of halogens is 2. The summed E-state index contributed by atoms with van der Waals surface area (Å²) in [6, 6.07) is 14.8. The Kier molecular flexibility index (Phi) is 6.72. The average molecular weight is 338 g/mol. The van der Waals surface area contributed by atoms with Crippen molar-refractivity contribution >= 4 is 29.1 Å². The number of benzene rings is 2. The van der Waals surface area contributed by atoms with Crippen LogP contribution in [-0.2, 0) is 11.3 Å². The van der Waals surface area contributed by atoms with Crippen molar-refractivity contribution in [1.29, 1.82) is 0 Å². The first-order valence-corrected chi connectivity index (χ1v) is 7.77. The molecule has 22 heavy (non-hydrogen) atoms. The minimum atomic E-state index is -0.204. The molecule has 0 saturated carbocycles. The summed E-state index contributed by atoms with van der Waals surface area (Å²) in [6.45, 7) is 1.70. The zero-order valence-corrected chi connectivity index (χ0v) is 13.5. The fourth-order valence-corrected chi connectivity index (χ4v) is 2.40. The quantitative estimate of drug-likeness (QED) is 0.763. The molecule has 2 aromatic rings. The maximum absolute atomic E-state index is 12.0. The molecule has 0 aliphatic rings. The minimum Gasteiger partial charge on any atom is -0.377 e. The van der Waals surface area contributed by atoms with E-state index in [9.17, 15) is 4.79 Å². The van der Waals surface area contributed by atoms with Gasteiger partial charge in [0.05, 0.1) is 17.2 Å². The van der Waals surface area contributed by atoms with E-state index in [1.165, 1.54) is 0 Å². The molecule has 0 aromatic heterocycles. The van der Waals surface area contributed by atoms with Gasteiger partial charge in [0.2, 0.25) is 0 Å². The second kappa shape index (κ2) is 8.79. The molecule has 2 rings (SSSR count). The molecule has 0 heterocycles. The lowest BCUT2D eigenvalue weighted by Crippen LogP contribution is -2.25. The Labute approximate surface area is 140 Å². The van der Waals surface area contributed by atoms with Gasteiger partial charge in [0, 0.05) is 18.2 Å². The Morgan fingerprint density at radius 2 is 1.86 bits per heavy atom. The first kappa shape index (κ1) is 16.8. The third kappa shape index (κ3) is 5.34. The molecule has 0 aliphatic carbocycles. The Morgan fingerprint density at radius 1 is 1.09 bits per heavy atom. The number of hydrogen-bond acceptors (Lipinski definition) is 2. The highest BCUT2D eigenvalue weighted by Crippen LogP contribution is 2.20. The summed E-state index contributed by atoms with van der Waals surface area (Å²) in [4.78, 5) is 12.0. The zero-order chi connectivity index (χ0) is 15.8. The topological polar surface area (TPSA) is 38.3 Å². The maximum Gasteiger partial charge on any atom is 0.252 e. The van der Waals surface area contributed by atoms with E-state index in [1.54, 1.807) is 18.2 Å². The van der Waals surface area contributed by atoms with E-state index in [1.807, 2.05) is 30.3 Å².